The van der Waals surface area contributed by atoms with Gasteiger partial charge in [-0.25, -0.2) is 4.98 Å². The highest BCUT2D eigenvalue weighted by molar-refractivity contribution is 5.73. The van der Waals surface area contributed by atoms with Crippen molar-refractivity contribution in [3.05, 3.63) is 46.5 Å². The summed E-state index contributed by atoms with van der Waals surface area (Å²) in [4.78, 5) is 17.7. The van der Waals surface area contributed by atoms with Crippen LogP contribution in [0.25, 0.3) is 11.3 Å². The lowest BCUT2D eigenvalue weighted by atomic mass is 10.1. The first-order chi connectivity index (χ1) is 7.16. The molecule has 0 radical (unpaired) electrons. The summed E-state index contributed by atoms with van der Waals surface area (Å²) in [6.45, 7) is 1.97. The summed E-state index contributed by atoms with van der Waals surface area (Å²) in [7, 11) is 0. The number of nitrogen functional groups attached to an aromatic ring is 1. The van der Waals surface area contributed by atoms with Crippen LogP contribution in [-0.4, -0.2) is 9.97 Å². The van der Waals surface area contributed by atoms with Crippen molar-refractivity contribution in [1.29, 1.82) is 0 Å². The topological polar surface area (TPSA) is 71.8 Å². The fourth-order valence-corrected chi connectivity index (χ4v) is 1.41. The monoisotopic (exact) mass is 201 g/mol. The first-order valence-electron chi connectivity index (χ1n) is 4.58. The van der Waals surface area contributed by atoms with Gasteiger partial charge in [0.05, 0.1) is 12.0 Å². The van der Waals surface area contributed by atoms with E-state index in [4.69, 9.17) is 5.73 Å². The maximum atomic E-state index is 11.1. The van der Waals surface area contributed by atoms with Crippen molar-refractivity contribution in [3.63, 3.8) is 0 Å². The van der Waals surface area contributed by atoms with Crippen LogP contribution in [0.2, 0.25) is 0 Å². The molecule has 0 amide bonds. The minimum Gasteiger partial charge on any atom is -0.398 e. The molecule has 2 rings (SSSR count). The lowest BCUT2D eigenvalue weighted by molar-refractivity contribution is 1.12. The Kier molecular flexibility index (Phi) is 2.25. The third kappa shape index (κ3) is 1.88. The van der Waals surface area contributed by atoms with Gasteiger partial charge in [-0.2, -0.15) is 0 Å². The number of H-pyrrole nitrogens is 1. The number of nitrogens with zero attached hydrogens (tertiary/aromatic N) is 1. The van der Waals surface area contributed by atoms with Crippen LogP contribution in [0.1, 0.15) is 5.56 Å². The maximum Gasteiger partial charge on any atom is 0.251 e. The summed E-state index contributed by atoms with van der Waals surface area (Å²) in [5, 5.41) is 0. The minimum absolute atomic E-state index is 0.180. The number of benzene rings is 1. The van der Waals surface area contributed by atoms with E-state index in [0.29, 0.717) is 11.4 Å². The molecule has 0 unspecified atom stereocenters. The average Bonchev–Trinajstić information content (AvgIpc) is 2.22. The highest BCUT2D eigenvalue weighted by Crippen LogP contribution is 2.23. The number of nitrogens with one attached hydrogen (secondary N) is 1. The SMILES string of the molecule is Cc1ccc(N)c(-c2cc(=O)[nH]cn2)c1. The van der Waals surface area contributed by atoms with Gasteiger partial charge in [0.1, 0.15) is 0 Å². The Morgan fingerprint density at radius 3 is 2.87 bits per heavy atom. The van der Waals surface area contributed by atoms with Crippen LogP contribution >= 0.6 is 0 Å². The molecule has 0 aliphatic carbocycles. The Hall–Kier alpha value is -2.10. The van der Waals surface area contributed by atoms with Crippen molar-refractivity contribution >= 4 is 5.69 Å². The van der Waals surface area contributed by atoms with E-state index < -0.39 is 0 Å². The molecule has 1 aromatic heterocycles. The van der Waals surface area contributed by atoms with Crippen LogP contribution in [0.15, 0.2) is 35.4 Å². The van der Waals surface area contributed by atoms with Crippen molar-refractivity contribution < 1.29 is 0 Å². The zero-order chi connectivity index (χ0) is 10.8. The summed E-state index contributed by atoms with van der Waals surface area (Å²) >= 11 is 0. The lowest BCUT2D eigenvalue weighted by Gasteiger charge is -2.05. The van der Waals surface area contributed by atoms with Gasteiger partial charge in [-0.15, -0.1) is 0 Å². The van der Waals surface area contributed by atoms with Gasteiger partial charge in [0.2, 0.25) is 0 Å². The zero-order valence-electron chi connectivity index (χ0n) is 8.32. The van der Waals surface area contributed by atoms with Gasteiger partial charge in [-0.3, -0.25) is 4.79 Å². The molecule has 0 aliphatic heterocycles. The number of rotatable bonds is 1. The number of hydrogen-bond donors (Lipinski definition) is 2. The smallest absolute Gasteiger partial charge is 0.251 e. The Morgan fingerprint density at radius 2 is 2.13 bits per heavy atom. The molecule has 0 saturated carbocycles. The fourth-order valence-electron chi connectivity index (χ4n) is 1.41. The first kappa shape index (κ1) is 9.45. The Bertz CT molecular complexity index is 546. The summed E-state index contributed by atoms with van der Waals surface area (Å²) in [6, 6.07) is 7.09. The molecule has 3 N–H and O–H groups in total. The third-order valence-corrected chi connectivity index (χ3v) is 2.16. The molecule has 15 heavy (non-hydrogen) atoms. The standard InChI is InChI=1S/C11H11N3O/c1-7-2-3-9(12)8(4-7)10-5-11(15)14-6-13-10/h2-6H,12H2,1H3,(H,13,14,15). The molecule has 0 atom stereocenters. The van der Waals surface area contributed by atoms with Crippen LogP contribution in [0.3, 0.4) is 0 Å². The molecule has 4 heteroatoms. The second-order valence-corrected chi connectivity index (χ2v) is 3.39. The highest BCUT2D eigenvalue weighted by atomic mass is 16.1. The van der Waals surface area contributed by atoms with E-state index in [1.54, 1.807) is 0 Å². The first-order valence-corrected chi connectivity index (χ1v) is 4.58. The van der Waals surface area contributed by atoms with Gasteiger partial charge in [0, 0.05) is 17.3 Å². The van der Waals surface area contributed by atoms with Crippen LogP contribution < -0.4 is 11.3 Å². The van der Waals surface area contributed by atoms with Crippen molar-refractivity contribution in [2.45, 2.75) is 6.92 Å². The summed E-state index contributed by atoms with van der Waals surface area (Å²) < 4.78 is 0. The number of aromatic amines is 1. The highest BCUT2D eigenvalue weighted by Gasteiger charge is 2.04. The molecular weight excluding hydrogens is 190 g/mol. The van der Waals surface area contributed by atoms with Crippen LogP contribution in [0.4, 0.5) is 5.69 Å². The van der Waals surface area contributed by atoms with E-state index in [9.17, 15) is 4.79 Å². The molecule has 76 valence electrons. The largest absolute Gasteiger partial charge is 0.398 e. The predicted octanol–water partition coefficient (Wildman–Crippen LogP) is 1.33. The number of hydrogen-bond acceptors (Lipinski definition) is 3. The Labute approximate surface area is 86.8 Å². The van der Waals surface area contributed by atoms with Gasteiger partial charge in [0.15, 0.2) is 0 Å². The van der Waals surface area contributed by atoms with Crippen molar-refractivity contribution in [2.24, 2.45) is 0 Å². The van der Waals surface area contributed by atoms with E-state index in [-0.39, 0.29) is 5.56 Å². The maximum absolute atomic E-state index is 11.1. The molecule has 0 fully saturated rings. The van der Waals surface area contributed by atoms with Crippen molar-refractivity contribution in [1.82, 2.24) is 9.97 Å². The van der Waals surface area contributed by atoms with E-state index in [1.165, 1.54) is 12.4 Å². The number of nitrogens with two attached hydrogens (primary N) is 1. The molecule has 0 saturated heterocycles. The average molecular weight is 201 g/mol. The predicted molar refractivity (Wildman–Crippen MR) is 59.4 cm³/mol. The van der Waals surface area contributed by atoms with Gasteiger partial charge < -0.3 is 10.7 Å². The molecular formula is C11H11N3O. The molecule has 4 nitrogen and oxygen atoms in total. The number of aryl methyl sites for hydroxylation is 1. The zero-order valence-corrected chi connectivity index (χ0v) is 8.32. The van der Waals surface area contributed by atoms with E-state index in [1.807, 2.05) is 25.1 Å². The van der Waals surface area contributed by atoms with Crippen molar-refractivity contribution in [3.8, 4) is 11.3 Å². The summed E-state index contributed by atoms with van der Waals surface area (Å²) in [6.07, 6.45) is 1.37. The molecule has 1 heterocycles. The second kappa shape index (κ2) is 3.57. The molecule has 0 aliphatic rings. The van der Waals surface area contributed by atoms with Gasteiger partial charge in [-0.1, -0.05) is 11.6 Å². The number of anilines is 1. The lowest BCUT2D eigenvalue weighted by Crippen LogP contribution is -2.05. The van der Waals surface area contributed by atoms with E-state index >= 15 is 0 Å². The molecule has 2 aromatic rings. The molecule has 1 aromatic carbocycles. The minimum atomic E-state index is -0.180. The summed E-state index contributed by atoms with van der Waals surface area (Å²) in [5.41, 5.74) is 8.74. The van der Waals surface area contributed by atoms with Crippen molar-refractivity contribution in [2.75, 3.05) is 5.73 Å². The van der Waals surface area contributed by atoms with Gasteiger partial charge in [0.25, 0.3) is 5.56 Å². The van der Waals surface area contributed by atoms with Crippen LogP contribution in [0.5, 0.6) is 0 Å². The fraction of sp³-hybridized carbons (Fsp3) is 0.0909. The normalized spacial score (nSPS) is 10.2. The number of aromatic nitrogens is 2. The van der Waals surface area contributed by atoms with E-state index in [0.717, 1.165) is 11.1 Å². The molecule has 0 spiro atoms. The van der Waals surface area contributed by atoms with Crippen LogP contribution in [0, 0.1) is 6.92 Å². The quantitative estimate of drug-likeness (QED) is 0.683. The summed E-state index contributed by atoms with van der Waals surface area (Å²) in [5.74, 6) is 0. The van der Waals surface area contributed by atoms with Gasteiger partial charge in [-0.05, 0) is 19.1 Å². The molecule has 0 bridgehead atoms. The second-order valence-electron chi connectivity index (χ2n) is 3.39. The Morgan fingerprint density at radius 1 is 1.33 bits per heavy atom. The van der Waals surface area contributed by atoms with Crippen LogP contribution in [-0.2, 0) is 0 Å². The van der Waals surface area contributed by atoms with Gasteiger partial charge >= 0.3 is 0 Å². The Balaban J connectivity index is 2.63. The van der Waals surface area contributed by atoms with E-state index in [2.05, 4.69) is 9.97 Å². The third-order valence-electron chi connectivity index (χ3n) is 2.16.